The normalized spacial score (nSPS) is 18.0. The lowest BCUT2D eigenvalue weighted by atomic mass is 9.85. The molecule has 2 fully saturated rings. The summed E-state index contributed by atoms with van der Waals surface area (Å²) in [5.41, 5.74) is 7.86. The summed E-state index contributed by atoms with van der Waals surface area (Å²) in [5.74, 6) is -0.260. The van der Waals surface area contributed by atoms with Crippen molar-refractivity contribution in [2.24, 2.45) is 18.4 Å². The first kappa shape index (κ1) is 48.0. The molecule has 2 aliphatic heterocycles. The van der Waals surface area contributed by atoms with E-state index in [4.69, 9.17) is 4.98 Å². The number of imidazole rings is 1. The van der Waals surface area contributed by atoms with Crippen LogP contribution in [0.5, 0.6) is 0 Å². The van der Waals surface area contributed by atoms with Crippen LogP contribution in [-0.2, 0) is 39.3 Å². The molecule has 2 saturated heterocycles. The number of carbonyl (C=O) groups excluding carboxylic acids is 5. The predicted octanol–water partition coefficient (Wildman–Crippen LogP) is 5.44. The lowest BCUT2D eigenvalue weighted by Gasteiger charge is -2.35. The van der Waals surface area contributed by atoms with Crippen molar-refractivity contribution < 1.29 is 29.1 Å². The minimum atomic E-state index is -0.913. The number of benzene rings is 3. The Morgan fingerprint density at radius 2 is 1.78 bits per heavy atom. The van der Waals surface area contributed by atoms with Gasteiger partial charge in [0, 0.05) is 69.1 Å². The monoisotopic (exact) mass is 943 g/mol. The molecule has 0 aliphatic carbocycles. The van der Waals surface area contributed by atoms with Gasteiger partial charge in [-0.3, -0.25) is 33.6 Å². The van der Waals surface area contributed by atoms with E-state index >= 15 is 0 Å². The number of hydrogen-bond acceptors (Lipinski definition) is 11. The summed E-state index contributed by atoms with van der Waals surface area (Å²) in [6, 6.07) is 17.2. The molecule has 4 atom stereocenters. The van der Waals surface area contributed by atoms with E-state index in [0.717, 1.165) is 69.0 Å². The van der Waals surface area contributed by atoms with Crippen LogP contribution in [0, 0.1) is 18.3 Å². The molecule has 3 aromatic carbocycles. The quantitative estimate of drug-likeness (QED) is 0.0636. The number of rotatable bonds is 17. The molecule has 5 heterocycles. The Kier molecular flexibility index (Phi) is 14.7. The fourth-order valence-corrected chi connectivity index (χ4v) is 9.96. The number of nitrogens with zero attached hydrogens (tertiary/aromatic N) is 6. The number of anilines is 1. The van der Waals surface area contributed by atoms with Crippen LogP contribution >= 0.6 is 11.3 Å². The first-order valence-electron chi connectivity index (χ1n) is 23.3. The zero-order valence-electron chi connectivity index (χ0n) is 39.3. The van der Waals surface area contributed by atoms with Crippen LogP contribution in [0.1, 0.15) is 86.7 Å². The van der Waals surface area contributed by atoms with E-state index in [-0.39, 0.29) is 55.5 Å². The van der Waals surface area contributed by atoms with E-state index in [1.807, 2.05) is 94.9 Å². The number of unbranched alkanes of at least 4 members (excludes halogenated alkanes) is 1. The molecule has 5 amide bonds. The summed E-state index contributed by atoms with van der Waals surface area (Å²) in [7, 11) is 1.87. The number of likely N-dealkylation sites (tertiary alicyclic amines) is 2. The molecule has 0 saturated carbocycles. The minimum Gasteiger partial charge on any atom is -0.391 e. The zero-order valence-corrected chi connectivity index (χ0v) is 40.1. The summed E-state index contributed by atoms with van der Waals surface area (Å²) in [5, 5.41) is 27.6. The fourth-order valence-electron chi connectivity index (χ4n) is 9.14. The topological polar surface area (TPSA) is 220 Å². The van der Waals surface area contributed by atoms with Gasteiger partial charge in [0.25, 0.3) is 5.91 Å². The van der Waals surface area contributed by atoms with Gasteiger partial charge in [0.2, 0.25) is 23.6 Å². The summed E-state index contributed by atoms with van der Waals surface area (Å²) < 4.78 is 1.77. The number of aliphatic hydroxyl groups excluding tert-OH is 1. The average Bonchev–Trinajstić information content (AvgIpc) is 4.16. The van der Waals surface area contributed by atoms with Gasteiger partial charge in [-0.1, -0.05) is 45.0 Å². The first-order chi connectivity index (χ1) is 32.6. The van der Waals surface area contributed by atoms with Gasteiger partial charge in [-0.15, -0.1) is 11.3 Å². The second-order valence-corrected chi connectivity index (χ2v) is 20.1. The number of carbonyl (C=O) groups is 5. The van der Waals surface area contributed by atoms with Crippen LogP contribution in [0.2, 0.25) is 0 Å². The van der Waals surface area contributed by atoms with Gasteiger partial charge in [0.15, 0.2) is 0 Å². The van der Waals surface area contributed by atoms with Crippen molar-refractivity contribution in [1.82, 2.24) is 50.5 Å². The highest BCUT2D eigenvalue weighted by Gasteiger charge is 2.44. The third-order valence-corrected chi connectivity index (χ3v) is 13.9. The molecule has 68 heavy (non-hydrogen) atoms. The SMILES string of the molecule is Cc1ncsc1-c1ccc(CNC(=O)[C@@H]2C[C@@H](O)CN2C(=O)[C@@H](NC(=O)CCCCNC(=O)CC2CCN(Cc3nc4ccc(NC(=O)c5ccc6c(cnn6C)c5)cc4[nH]3)C2)C(C)(C)C)cc1. The smallest absolute Gasteiger partial charge is 0.255 e. The molecule has 18 heteroatoms. The van der Waals surface area contributed by atoms with E-state index in [9.17, 15) is 29.1 Å². The van der Waals surface area contributed by atoms with Crippen molar-refractivity contribution in [3.05, 3.63) is 95.0 Å². The summed E-state index contributed by atoms with van der Waals surface area (Å²) in [6.07, 6.45) is 3.57. The highest BCUT2D eigenvalue weighted by molar-refractivity contribution is 7.13. The molecule has 2 aliphatic rings. The summed E-state index contributed by atoms with van der Waals surface area (Å²) >= 11 is 1.57. The first-order valence-corrected chi connectivity index (χ1v) is 24.2. The molecule has 6 aromatic rings. The molecule has 17 nitrogen and oxygen atoms in total. The van der Waals surface area contributed by atoms with Crippen LogP contribution in [0.3, 0.4) is 0 Å². The van der Waals surface area contributed by atoms with Gasteiger partial charge in [0.05, 0.1) is 51.5 Å². The average molecular weight is 944 g/mol. The van der Waals surface area contributed by atoms with Crippen molar-refractivity contribution in [1.29, 1.82) is 0 Å². The number of aryl methyl sites for hydroxylation is 2. The van der Waals surface area contributed by atoms with Crippen molar-refractivity contribution in [3.63, 3.8) is 0 Å². The van der Waals surface area contributed by atoms with Crippen molar-refractivity contribution in [2.75, 3.05) is 31.5 Å². The van der Waals surface area contributed by atoms with E-state index in [2.05, 4.69) is 41.2 Å². The fraction of sp³-hybridized carbons (Fsp3) is 0.440. The number of aliphatic hydroxyl groups is 1. The lowest BCUT2D eigenvalue weighted by Crippen LogP contribution is -2.57. The van der Waals surface area contributed by atoms with Gasteiger partial charge in [-0.2, -0.15) is 5.10 Å². The second kappa shape index (κ2) is 20.8. The highest BCUT2D eigenvalue weighted by atomic mass is 32.1. The number of thiazole rings is 1. The largest absolute Gasteiger partial charge is 0.391 e. The number of hydrogen-bond donors (Lipinski definition) is 6. The molecular formula is C50H61N11O6S. The number of amides is 5. The zero-order chi connectivity index (χ0) is 48.1. The molecule has 3 aromatic heterocycles. The highest BCUT2D eigenvalue weighted by Crippen LogP contribution is 2.29. The molecule has 1 unspecified atom stereocenters. The Hall–Kier alpha value is -6.50. The summed E-state index contributed by atoms with van der Waals surface area (Å²) in [4.78, 5) is 83.9. The molecule has 358 valence electrons. The maximum Gasteiger partial charge on any atom is 0.255 e. The van der Waals surface area contributed by atoms with Gasteiger partial charge in [-0.05, 0) is 91.6 Å². The van der Waals surface area contributed by atoms with Crippen molar-refractivity contribution in [3.8, 4) is 10.4 Å². The number of nitrogens with one attached hydrogen (secondary N) is 5. The van der Waals surface area contributed by atoms with Crippen LogP contribution in [0.15, 0.2) is 72.4 Å². The number of β-amino-alcohol motifs (C(OH)–C–C–N with tert-alkyl or cyclic N) is 1. The van der Waals surface area contributed by atoms with Gasteiger partial charge < -0.3 is 36.3 Å². The Morgan fingerprint density at radius 1 is 0.971 bits per heavy atom. The minimum absolute atomic E-state index is 0.000717. The molecule has 0 bridgehead atoms. The maximum atomic E-state index is 14.0. The van der Waals surface area contributed by atoms with Crippen LogP contribution in [-0.4, -0.2) is 114 Å². The Labute approximate surface area is 399 Å². The molecule has 6 N–H and O–H groups in total. The summed E-state index contributed by atoms with van der Waals surface area (Å²) in [6.45, 7) is 10.5. The predicted molar refractivity (Wildman–Crippen MR) is 261 cm³/mol. The molecule has 8 rings (SSSR count). The third kappa shape index (κ3) is 11.6. The van der Waals surface area contributed by atoms with Crippen molar-refractivity contribution >= 4 is 68.5 Å². The van der Waals surface area contributed by atoms with Crippen LogP contribution in [0.4, 0.5) is 5.69 Å². The number of H-pyrrole nitrogens is 1. The van der Waals surface area contributed by atoms with Gasteiger partial charge in [-0.25, -0.2) is 9.97 Å². The van der Waals surface area contributed by atoms with Gasteiger partial charge in [0.1, 0.15) is 17.9 Å². The van der Waals surface area contributed by atoms with Crippen LogP contribution in [0.25, 0.3) is 32.4 Å². The molecular weight excluding hydrogens is 883 g/mol. The Morgan fingerprint density at radius 3 is 2.54 bits per heavy atom. The lowest BCUT2D eigenvalue weighted by molar-refractivity contribution is -0.144. The van der Waals surface area contributed by atoms with E-state index in [1.54, 1.807) is 28.3 Å². The number of aromatic nitrogens is 5. The van der Waals surface area contributed by atoms with E-state index < -0.39 is 29.5 Å². The number of fused-ring (bicyclic) bond motifs is 2. The molecule has 0 radical (unpaired) electrons. The molecule has 0 spiro atoms. The number of aromatic amines is 1. The van der Waals surface area contributed by atoms with E-state index in [0.29, 0.717) is 43.6 Å². The Balaban J connectivity index is 0.734. The Bertz CT molecular complexity index is 2790. The standard InChI is InChI=1S/C50H61N11O6S/c1-30-45(68-29-53-30)33-11-9-31(10-12-33)24-52-48(66)41-23-37(62)27-61(41)49(67)46(50(2,3)4)58-43(63)8-6-7-18-51-44(64)20-32-17-19-60(26-32)28-42-56-38-15-14-36(22-39(38)57-42)55-47(65)34-13-16-40-35(21-34)25-54-59(40)5/h9-16,21-22,25,29,32,37,41,46,62H,6-8,17-20,23-24,26-28H2,1-5H3,(H,51,64)(H,52,66)(H,55,65)(H,56,57)(H,58,63)/t32?,37-,41+,46-/m1/s1. The van der Waals surface area contributed by atoms with Crippen molar-refractivity contribution in [2.45, 2.75) is 97.5 Å². The third-order valence-electron chi connectivity index (χ3n) is 12.9. The maximum absolute atomic E-state index is 14.0. The van der Waals surface area contributed by atoms with Gasteiger partial charge >= 0.3 is 0 Å². The van der Waals surface area contributed by atoms with Crippen LogP contribution < -0.4 is 21.3 Å². The van der Waals surface area contributed by atoms with E-state index in [1.165, 1.54) is 4.90 Å². The second-order valence-electron chi connectivity index (χ2n) is 19.3.